The molecule has 16 heavy (non-hydrogen) atoms. The molecule has 3 rings (SSSR count). The number of nitrogens with zero attached hydrogens (tertiary/aromatic N) is 2. The number of aromatic nitrogens is 3. The van der Waals surface area contributed by atoms with Crippen molar-refractivity contribution in [2.45, 2.75) is 0 Å². The van der Waals surface area contributed by atoms with Crippen molar-refractivity contribution in [3.05, 3.63) is 42.7 Å². The number of nitrogens with one attached hydrogen (secondary N) is 1. The first-order valence-corrected chi connectivity index (χ1v) is 4.99. The zero-order chi connectivity index (χ0) is 11.0. The van der Waals surface area contributed by atoms with Gasteiger partial charge < -0.3 is 10.7 Å². The van der Waals surface area contributed by atoms with Gasteiger partial charge in [0.2, 0.25) is 0 Å². The van der Waals surface area contributed by atoms with Gasteiger partial charge in [0.05, 0.1) is 5.69 Å². The molecule has 78 valence electrons. The van der Waals surface area contributed by atoms with E-state index in [-0.39, 0.29) is 0 Å². The first-order chi connectivity index (χ1) is 7.83. The summed E-state index contributed by atoms with van der Waals surface area (Å²) in [6.07, 6.45) is 3.66. The van der Waals surface area contributed by atoms with Crippen molar-refractivity contribution < 1.29 is 0 Å². The molecule has 0 bridgehead atoms. The highest BCUT2D eigenvalue weighted by Crippen LogP contribution is 2.20. The molecule has 0 radical (unpaired) electrons. The number of nitrogen functional groups attached to an aromatic ring is 1. The Morgan fingerprint density at radius 3 is 3.00 bits per heavy atom. The molecule has 4 heteroatoms. The quantitative estimate of drug-likeness (QED) is 0.647. The van der Waals surface area contributed by atoms with Crippen LogP contribution in [0.2, 0.25) is 0 Å². The summed E-state index contributed by atoms with van der Waals surface area (Å²) < 4.78 is 0. The van der Waals surface area contributed by atoms with Crippen LogP contribution >= 0.6 is 0 Å². The largest absolute Gasteiger partial charge is 0.384 e. The SMILES string of the molecule is Nc1cccc(-c2cnc3[nH]ccc3c2)n1. The van der Waals surface area contributed by atoms with Crippen LogP contribution in [0.3, 0.4) is 0 Å². The number of fused-ring (bicyclic) bond motifs is 1. The highest BCUT2D eigenvalue weighted by molar-refractivity contribution is 5.80. The van der Waals surface area contributed by atoms with Crippen molar-refractivity contribution in [3.63, 3.8) is 0 Å². The standard InChI is InChI=1S/C12H10N4/c13-11-3-1-2-10(16-11)9-6-8-4-5-14-12(8)15-7-9/h1-7H,(H2,13,16)(H,14,15). The molecule has 0 spiro atoms. The van der Waals surface area contributed by atoms with E-state index < -0.39 is 0 Å². The van der Waals surface area contributed by atoms with Crippen LogP contribution in [-0.4, -0.2) is 15.0 Å². The molecule has 0 atom stereocenters. The van der Waals surface area contributed by atoms with Gasteiger partial charge >= 0.3 is 0 Å². The number of hydrogen-bond acceptors (Lipinski definition) is 3. The molecule has 0 saturated heterocycles. The fourth-order valence-corrected chi connectivity index (χ4v) is 1.69. The minimum atomic E-state index is 0.520. The van der Waals surface area contributed by atoms with Gasteiger partial charge in [-0.2, -0.15) is 0 Å². The van der Waals surface area contributed by atoms with Crippen molar-refractivity contribution in [2.75, 3.05) is 5.73 Å². The Labute approximate surface area is 92.2 Å². The minimum absolute atomic E-state index is 0.520. The van der Waals surface area contributed by atoms with Crippen LogP contribution in [0.15, 0.2) is 42.7 Å². The number of nitrogens with two attached hydrogens (primary N) is 1. The van der Waals surface area contributed by atoms with Gasteiger partial charge in [-0.25, -0.2) is 9.97 Å². The summed E-state index contributed by atoms with van der Waals surface area (Å²) in [6, 6.07) is 9.61. The van der Waals surface area contributed by atoms with Crippen LogP contribution in [0.25, 0.3) is 22.3 Å². The molecule has 0 fully saturated rings. The molecule has 3 aromatic rings. The van der Waals surface area contributed by atoms with Gasteiger partial charge in [-0.1, -0.05) is 6.07 Å². The summed E-state index contributed by atoms with van der Waals surface area (Å²) in [5, 5.41) is 1.07. The summed E-state index contributed by atoms with van der Waals surface area (Å²) in [6.45, 7) is 0. The first-order valence-electron chi connectivity index (χ1n) is 4.99. The lowest BCUT2D eigenvalue weighted by atomic mass is 10.1. The molecular formula is C12H10N4. The zero-order valence-electron chi connectivity index (χ0n) is 8.51. The van der Waals surface area contributed by atoms with Gasteiger partial charge in [0.1, 0.15) is 11.5 Å². The highest BCUT2D eigenvalue weighted by Gasteiger charge is 2.02. The molecule has 4 nitrogen and oxygen atoms in total. The molecule has 3 N–H and O–H groups in total. The van der Waals surface area contributed by atoms with Crippen molar-refractivity contribution in [2.24, 2.45) is 0 Å². The summed E-state index contributed by atoms with van der Waals surface area (Å²) in [7, 11) is 0. The molecule has 0 unspecified atom stereocenters. The number of H-pyrrole nitrogens is 1. The van der Waals surface area contributed by atoms with Gasteiger partial charge in [0.25, 0.3) is 0 Å². The maximum Gasteiger partial charge on any atom is 0.137 e. The van der Waals surface area contributed by atoms with Crippen LogP contribution < -0.4 is 5.73 Å². The highest BCUT2D eigenvalue weighted by atomic mass is 14.9. The molecule has 3 heterocycles. The lowest BCUT2D eigenvalue weighted by Crippen LogP contribution is -1.91. The van der Waals surface area contributed by atoms with Gasteiger partial charge in [-0.05, 0) is 24.3 Å². The summed E-state index contributed by atoms with van der Waals surface area (Å²) >= 11 is 0. The number of hydrogen-bond donors (Lipinski definition) is 2. The van der Waals surface area contributed by atoms with E-state index >= 15 is 0 Å². The Morgan fingerprint density at radius 2 is 2.12 bits per heavy atom. The second-order valence-electron chi connectivity index (χ2n) is 3.59. The predicted octanol–water partition coefficient (Wildman–Crippen LogP) is 2.21. The number of rotatable bonds is 1. The van der Waals surface area contributed by atoms with Crippen LogP contribution in [0.5, 0.6) is 0 Å². The Balaban J connectivity index is 2.18. The Bertz CT molecular complexity index is 642. The van der Waals surface area contributed by atoms with Crippen molar-refractivity contribution in [1.29, 1.82) is 0 Å². The van der Waals surface area contributed by atoms with E-state index in [0.717, 1.165) is 22.3 Å². The molecule has 0 aliphatic rings. The Morgan fingerprint density at radius 1 is 1.19 bits per heavy atom. The topological polar surface area (TPSA) is 67.6 Å². The third-order valence-corrected chi connectivity index (χ3v) is 2.47. The third kappa shape index (κ3) is 1.40. The van der Waals surface area contributed by atoms with Crippen molar-refractivity contribution in [3.8, 4) is 11.3 Å². The van der Waals surface area contributed by atoms with Crippen LogP contribution in [0, 0.1) is 0 Å². The lowest BCUT2D eigenvalue weighted by Gasteiger charge is -2.01. The zero-order valence-corrected chi connectivity index (χ0v) is 8.51. The summed E-state index contributed by atoms with van der Waals surface area (Å²) in [4.78, 5) is 11.6. The average Bonchev–Trinajstić information content (AvgIpc) is 2.75. The molecule has 0 aliphatic carbocycles. The van der Waals surface area contributed by atoms with E-state index in [2.05, 4.69) is 15.0 Å². The maximum absolute atomic E-state index is 5.65. The first kappa shape index (κ1) is 8.91. The molecular weight excluding hydrogens is 200 g/mol. The average molecular weight is 210 g/mol. The van der Waals surface area contributed by atoms with Gasteiger partial charge in [-0.3, -0.25) is 0 Å². The fourth-order valence-electron chi connectivity index (χ4n) is 1.69. The van der Waals surface area contributed by atoms with Crippen molar-refractivity contribution in [1.82, 2.24) is 15.0 Å². The van der Waals surface area contributed by atoms with E-state index in [1.165, 1.54) is 0 Å². The van der Waals surface area contributed by atoms with Crippen molar-refractivity contribution >= 4 is 16.9 Å². The van der Waals surface area contributed by atoms with E-state index in [0.29, 0.717) is 5.82 Å². The summed E-state index contributed by atoms with van der Waals surface area (Å²) in [5.74, 6) is 0.520. The van der Waals surface area contributed by atoms with Crippen LogP contribution in [-0.2, 0) is 0 Å². The second kappa shape index (κ2) is 3.34. The van der Waals surface area contributed by atoms with E-state index in [1.54, 1.807) is 12.3 Å². The van der Waals surface area contributed by atoms with Gasteiger partial charge in [-0.15, -0.1) is 0 Å². The van der Waals surface area contributed by atoms with E-state index in [4.69, 9.17) is 5.73 Å². The van der Waals surface area contributed by atoms with Gasteiger partial charge in [0.15, 0.2) is 0 Å². The number of anilines is 1. The second-order valence-corrected chi connectivity index (χ2v) is 3.59. The maximum atomic E-state index is 5.65. The minimum Gasteiger partial charge on any atom is -0.384 e. The van der Waals surface area contributed by atoms with Gasteiger partial charge in [0, 0.05) is 23.3 Å². The Kier molecular flexibility index (Phi) is 1.86. The third-order valence-electron chi connectivity index (χ3n) is 2.47. The molecule has 3 aromatic heterocycles. The summed E-state index contributed by atoms with van der Waals surface area (Å²) in [5.41, 5.74) is 8.35. The fraction of sp³-hybridized carbons (Fsp3) is 0. The van der Waals surface area contributed by atoms with Crippen LogP contribution in [0.1, 0.15) is 0 Å². The smallest absolute Gasteiger partial charge is 0.137 e. The number of aromatic amines is 1. The van der Waals surface area contributed by atoms with E-state index in [9.17, 15) is 0 Å². The monoisotopic (exact) mass is 210 g/mol. The Hall–Kier alpha value is -2.36. The normalized spacial score (nSPS) is 10.8. The predicted molar refractivity (Wildman–Crippen MR) is 63.7 cm³/mol. The van der Waals surface area contributed by atoms with E-state index in [1.807, 2.05) is 30.5 Å². The van der Waals surface area contributed by atoms with Crippen LogP contribution in [0.4, 0.5) is 5.82 Å². The molecule has 0 saturated carbocycles. The molecule has 0 aliphatic heterocycles. The molecule has 0 amide bonds. The lowest BCUT2D eigenvalue weighted by molar-refractivity contribution is 1.29. The molecule has 0 aromatic carbocycles. The number of pyridine rings is 2.